The van der Waals surface area contributed by atoms with Gasteiger partial charge in [0.1, 0.15) is 0 Å². The highest BCUT2D eigenvalue weighted by atomic mass is 35.5. The molecule has 0 aromatic heterocycles. The van der Waals surface area contributed by atoms with Gasteiger partial charge in [0.05, 0.1) is 12.2 Å². The molecule has 0 radical (unpaired) electrons. The molecular formula is C28H54Cl4O. The zero-order chi connectivity index (χ0) is 24.2. The molecule has 1 nitrogen and oxygen atoms in total. The summed E-state index contributed by atoms with van der Waals surface area (Å²) in [7, 11) is 0. The van der Waals surface area contributed by atoms with Crippen molar-refractivity contribution in [3.05, 3.63) is 0 Å². The molecule has 0 fully saturated rings. The maximum Gasteiger partial charge on any atom is 0.0579 e. The van der Waals surface area contributed by atoms with Crippen molar-refractivity contribution in [2.75, 3.05) is 23.5 Å². The average Bonchev–Trinajstić information content (AvgIpc) is 2.83. The smallest absolute Gasteiger partial charge is 0.0579 e. The highest BCUT2D eigenvalue weighted by Gasteiger charge is 2.16. The largest absolute Gasteiger partial charge is 0.375 e. The van der Waals surface area contributed by atoms with Crippen LogP contribution in [0.2, 0.25) is 0 Å². The highest BCUT2D eigenvalue weighted by Crippen LogP contribution is 2.22. The Labute approximate surface area is 227 Å². The van der Waals surface area contributed by atoms with Crippen molar-refractivity contribution in [3.63, 3.8) is 0 Å². The van der Waals surface area contributed by atoms with Gasteiger partial charge in [-0.2, -0.15) is 0 Å². The molecule has 0 aliphatic carbocycles. The Bertz CT molecular complexity index is 325. The molecule has 2 atom stereocenters. The van der Waals surface area contributed by atoms with Gasteiger partial charge < -0.3 is 4.74 Å². The van der Waals surface area contributed by atoms with Crippen molar-refractivity contribution in [1.29, 1.82) is 0 Å². The van der Waals surface area contributed by atoms with Gasteiger partial charge in [-0.05, 0) is 51.4 Å². The number of hydrogen-bond acceptors (Lipinski definition) is 1. The fourth-order valence-corrected chi connectivity index (χ4v) is 5.18. The molecule has 0 aromatic carbocycles. The van der Waals surface area contributed by atoms with Crippen LogP contribution < -0.4 is 0 Å². The fraction of sp³-hybridized carbons (Fsp3) is 1.00. The van der Waals surface area contributed by atoms with Gasteiger partial charge in [-0.3, -0.25) is 0 Å². The van der Waals surface area contributed by atoms with E-state index in [2.05, 4.69) is 0 Å². The summed E-state index contributed by atoms with van der Waals surface area (Å²) in [5.74, 6) is 3.09. The van der Waals surface area contributed by atoms with Crippen LogP contribution in [0, 0.1) is 0 Å². The van der Waals surface area contributed by atoms with Crippen molar-refractivity contribution in [2.24, 2.45) is 0 Å². The van der Waals surface area contributed by atoms with Crippen molar-refractivity contribution in [1.82, 2.24) is 0 Å². The van der Waals surface area contributed by atoms with Crippen LogP contribution >= 0.6 is 46.4 Å². The second kappa shape index (κ2) is 29.4. The second-order valence-electron chi connectivity index (χ2n) is 9.65. The summed E-state index contributed by atoms with van der Waals surface area (Å²) in [5.41, 5.74) is 0. The maximum absolute atomic E-state index is 6.66. The monoisotopic (exact) mass is 546 g/mol. The predicted octanol–water partition coefficient (Wildman–Crippen LogP) is 11.3. The summed E-state index contributed by atoms with van der Waals surface area (Å²) in [6.45, 7) is 0. The van der Waals surface area contributed by atoms with Crippen molar-refractivity contribution in [2.45, 2.75) is 153 Å². The Kier molecular flexibility index (Phi) is 30.3. The standard InChI is InChI=1S/C28H54Cl4O/c29-23-15-11-7-3-1-5-9-13-19-27(21-17-25-31)33-28(22-18-26-32)20-14-10-6-2-4-8-12-16-24-30/h27-28H,1-26H2. The van der Waals surface area contributed by atoms with Crippen molar-refractivity contribution >= 4 is 46.4 Å². The van der Waals surface area contributed by atoms with E-state index >= 15 is 0 Å². The van der Waals surface area contributed by atoms with Gasteiger partial charge in [0, 0.05) is 23.5 Å². The first-order valence-electron chi connectivity index (χ1n) is 14.2. The first kappa shape index (κ1) is 34.1. The number of halogens is 4. The lowest BCUT2D eigenvalue weighted by molar-refractivity contribution is -0.0307. The minimum atomic E-state index is 0.370. The molecule has 0 N–H and O–H groups in total. The Balaban J connectivity index is 4.10. The van der Waals surface area contributed by atoms with Gasteiger partial charge in [-0.15, -0.1) is 46.4 Å². The number of ether oxygens (including phenoxy) is 1. The van der Waals surface area contributed by atoms with Crippen LogP contribution in [0.15, 0.2) is 0 Å². The fourth-order valence-electron chi connectivity index (χ4n) is 4.50. The quantitative estimate of drug-likeness (QED) is 0.0698. The Morgan fingerprint density at radius 1 is 0.303 bits per heavy atom. The van der Waals surface area contributed by atoms with Crippen LogP contribution in [0.3, 0.4) is 0 Å². The highest BCUT2D eigenvalue weighted by molar-refractivity contribution is 6.18. The van der Waals surface area contributed by atoms with Crippen LogP contribution in [0.1, 0.15) is 141 Å². The molecule has 5 heteroatoms. The Hall–Kier alpha value is 1.12. The molecule has 0 aliphatic rings. The van der Waals surface area contributed by atoms with E-state index in [0.717, 1.165) is 49.2 Å². The van der Waals surface area contributed by atoms with Crippen LogP contribution in [0.4, 0.5) is 0 Å². The third-order valence-corrected chi connectivity index (χ3v) is 7.59. The van der Waals surface area contributed by atoms with Gasteiger partial charge >= 0.3 is 0 Å². The molecule has 200 valence electrons. The van der Waals surface area contributed by atoms with Crippen molar-refractivity contribution in [3.8, 4) is 0 Å². The van der Waals surface area contributed by atoms with Crippen LogP contribution in [0.5, 0.6) is 0 Å². The van der Waals surface area contributed by atoms with E-state index < -0.39 is 0 Å². The molecule has 0 rings (SSSR count). The van der Waals surface area contributed by atoms with Crippen molar-refractivity contribution < 1.29 is 4.74 Å². The molecule has 0 aromatic rings. The third-order valence-electron chi connectivity index (χ3n) is 6.52. The Morgan fingerprint density at radius 2 is 0.545 bits per heavy atom. The van der Waals surface area contributed by atoms with E-state index in [1.54, 1.807) is 0 Å². The van der Waals surface area contributed by atoms with E-state index in [1.807, 2.05) is 0 Å². The summed E-state index contributed by atoms with van der Waals surface area (Å²) < 4.78 is 6.66. The summed E-state index contributed by atoms with van der Waals surface area (Å²) in [6.07, 6.45) is 28.4. The summed E-state index contributed by atoms with van der Waals surface area (Å²) >= 11 is 23.5. The normalized spacial score (nSPS) is 13.5. The maximum atomic E-state index is 6.66. The first-order valence-corrected chi connectivity index (χ1v) is 16.3. The van der Waals surface area contributed by atoms with Gasteiger partial charge in [0.25, 0.3) is 0 Å². The number of hydrogen-bond donors (Lipinski definition) is 0. The summed E-state index contributed by atoms with van der Waals surface area (Å²) in [6, 6.07) is 0. The molecule has 0 bridgehead atoms. The second-order valence-corrected chi connectivity index (χ2v) is 11.2. The molecule has 0 saturated heterocycles. The minimum Gasteiger partial charge on any atom is -0.375 e. The lowest BCUT2D eigenvalue weighted by Crippen LogP contribution is -2.23. The van der Waals surface area contributed by atoms with E-state index in [0.29, 0.717) is 12.2 Å². The average molecular weight is 549 g/mol. The molecule has 0 saturated carbocycles. The van der Waals surface area contributed by atoms with E-state index in [4.69, 9.17) is 51.1 Å². The topological polar surface area (TPSA) is 9.23 Å². The molecule has 0 amide bonds. The van der Waals surface area contributed by atoms with Gasteiger partial charge in [-0.1, -0.05) is 89.9 Å². The Morgan fingerprint density at radius 3 is 0.848 bits per heavy atom. The van der Waals surface area contributed by atoms with E-state index in [-0.39, 0.29) is 0 Å². The molecule has 0 aliphatic heterocycles. The number of alkyl halides is 4. The van der Waals surface area contributed by atoms with E-state index in [1.165, 1.54) is 116 Å². The number of rotatable bonds is 28. The van der Waals surface area contributed by atoms with Crippen LogP contribution in [-0.2, 0) is 4.74 Å². The molecule has 0 heterocycles. The first-order chi connectivity index (χ1) is 16.3. The van der Waals surface area contributed by atoms with Gasteiger partial charge in [-0.25, -0.2) is 0 Å². The SMILES string of the molecule is ClCCCCCCCCCCC(CCCCl)OC(CCCCl)CCCCCCCCCCCl. The predicted molar refractivity (Wildman–Crippen MR) is 153 cm³/mol. The van der Waals surface area contributed by atoms with Crippen LogP contribution in [0.25, 0.3) is 0 Å². The zero-order valence-electron chi connectivity index (χ0n) is 21.5. The van der Waals surface area contributed by atoms with Crippen LogP contribution in [-0.4, -0.2) is 35.7 Å². The van der Waals surface area contributed by atoms with Gasteiger partial charge in [0.15, 0.2) is 0 Å². The molecule has 33 heavy (non-hydrogen) atoms. The summed E-state index contributed by atoms with van der Waals surface area (Å²) in [5, 5.41) is 0. The lowest BCUT2D eigenvalue weighted by atomic mass is 10.0. The molecule has 0 spiro atoms. The van der Waals surface area contributed by atoms with E-state index in [9.17, 15) is 0 Å². The third kappa shape index (κ3) is 26.0. The minimum absolute atomic E-state index is 0.370. The molecule has 2 unspecified atom stereocenters. The summed E-state index contributed by atoms with van der Waals surface area (Å²) in [4.78, 5) is 0. The zero-order valence-corrected chi connectivity index (χ0v) is 24.5. The number of unbranched alkanes of at least 4 members (excludes halogenated alkanes) is 14. The van der Waals surface area contributed by atoms with Gasteiger partial charge in [0.2, 0.25) is 0 Å². The molecular weight excluding hydrogens is 494 g/mol. The lowest BCUT2D eigenvalue weighted by Gasteiger charge is -2.25.